The summed E-state index contributed by atoms with van der Waals surface area (Å²) in [6, 6.07) is 7.32. The van der Waals surface area contributed by atoms with Gasteiger partial charge in [-0.3, -0.25) is 4.79 Å². The molecule has 0 N–H and O–H groups in total. The molecule has 4 nitrogen and oxygen atoms in total. The van der Waals surface area contributed by atoms with Crippen molar-refractivity contribution in [2.75, 3.05) is 0 Å². The minimum atomic E-state index is -0.482. The maximum atomic E-state index is 12.0. The monoisotopic (exact) mass is 292 g/mol. The van der Waals surface area contributed by atoms with Crippen LogP contribution < -0.4 is 0 Å². The van der Waals surface area contributed by atoms with Crippen LogP contribution in [0.2, 0.25) is 0 Å². The van der Waals surface area contributed by atoms with Crippen molar-refractivity contribution in [3.05, 3.63) is 35.4 Å². The zero-order chi connectivity index (χ0) is 15.8. The lowest BCUT2D eigenvalue weighted by atomic mass is 10.1. The van der Waals surface area contributed by atoms with E-state index in [1.54, 1.807) is 26.0 Å². The molecule has 0 saturated carbocycles. The summed E-state index contributed by atoms with van der Waals surface area (Å²) < 4.78 is 10.5. The summed E-state index contributed by atoms with van der Waals surface area (Å²) >= 11 is 0. The minimum Gasteiger partial charge on any atom is -0.459 e. The van der Waals surface area contributed by atoms with Crippen LogP contribution in [0.25, 0.3) is 0 Å². The van der Waals surface area contributed by atoms with Gasteiger partial charge in [-0.15, -0.1) is 0 Å². The van der Waals surface area contributed by atoms with Crippen LogP contribution in [-0.4, -0.2) is 24.1 Å². The molecule has 0 spiro atoms. The van der Waals surface area contributed by atoms with E-state index in [0.29, 0.717) is 12.0 Å². The van der Waals surface area contributed by atoms with Crippen LogP contribution in [0.3, 0.4) is 0 Å². The number of hydrogen-bond donors (Lipinski definition) is 0. The molecular formula is C17H24O4. The Kier molecular flexibility index (Phi) is 6.92. The first-order chi connectivity index (χ1) is 9.97. The van der Waals surface area contributed by atoms with Gasteiger partial charge in [0, 0.05) is 6.42 Å². The predicted octanol–water partition coefficient (Wildman–Crippen LogP) is 3.53. The molecule has 0 radical (unpaired) electrons. The molecule has 0 saturated heterocycles. The van der Waals surface area contributed by atoms with Crippen LogP contribution in [0.15, 0.2) is 24.3 Å². The number of ether oxygens (including phenoxy) is 2. The quantitative estimate of drug-likeness (QED) is 0.721. The number of esters is 2. The molecule has 116 valence electrons. The van der Waals surface area contributed by atoms with Gasteiger partial charge in [0.1, 0.15) is 12.2 Å². The van der Waals surface area contributed by atoms with Crippen molar-refractivity contribution in [3.8, 4) is 0 Å². The topological polar surface area (TPSA) is 52.6 Å². The molecule has 0 bridgehead atoms. The zero-order valence-electron chi connectivity index (χ0n) is 13.2. The van der Waals surface area contributed by atoms with Crippen LogP contribution in [0.1, 0.15) is 56.5 Å². The number of aryl methyl sites for hydroxylation is 1. The Bertz CT molecular complexity index is 464. The highest BCUT2D eigenvalue weighted by atomic mass is 16.6. The van der Waals surface area contributed by atoms with E-state index in [4.69, 9.17) is 9.47 Å². The van der Waals surface area contributed by atoms with Gasteiger partial charge in [0.15, 0.2) is 0 Å². The highest BCUT2D eigenvalue weighted by Gasteiger charge is 2.21. The third-order valence-corrected chi connectivity index (χ3v) is 3.32. The molecule has 0 aliphatic carbocycles. The number of hydrogen-bond acceptors (Lipinski definition) is 4. The number of rotatable bonds is 7. The van der Waals surface area contributed by atoms with Crippen LogP contribution in [-0.2, 0) is 20.7 Å². The Morgan fingerprint density at radius 1 is 1.00 bits per heavy atom. The summed E-state index contributed by atoms with van der Waals surface area (Å²) in [5.41, 5.74) is 1.67. The second-order valence-electron chi connectivity index (χ2n) is 5.11. The molecule has 2 unspecified atom stereocenters. The van der Waals surface area contributed by atoms with Gasteiger partial charge >= 0.3 is 11.9 Å². The standard InChI is InChI=1S/C17H24O4/c1-5-7-16(18)20-12(3)13(4)21-17(19)15-10-8-14(6-2)9-11-15/h8-13H,5-7H2,1-4H3. The van der Waals surface area contributed by atoms with Crippen LogP contribution in [0.5, 0.6) is 0 Å². The van der Waals surface area contributed by atoms with Crippen molar-refractivity contribution in [2.24, 2.45) is 0 Å². The molecule has 21 heavy (non-hydrogen) atoms. The maximum absolute atomic E-state index is 12.0. The Morgan fingerprint density at radius 3 is 2.10 bits per heavy atom. The van der Waals surface area contributed by atoms with Crippen molar-refractivity contribution < 1.29 is 19.1 Å². The van der Waals surface area contributed by atoms with Crippen LogP contribution in [0.4, 0.5) is 0 Å². The molecule has 4 heteroatoms. The minimum absolute atomic E-state index is 0.264. The molecule has 0 aliphatic heterocycles. The molecular weight excluding hydrogens is 268 g/mol. The van der Waals surface area contributed by atoms with E-state index in [-0.39, 0.29) is 5.97 Å². The lowest BCUT2D eigenvalue weighted by Crippen LogP contribution is -2.30. The Labute approximate surface area is 126 Å². The van der Waals surface area contributed by atoms with Crippen molar-refractivity contribution in [2.45, 2.75) is 59.2 Å². The van der Waals surface area contributed by atoms with Gasteiger partial charge in [-0.25, -0.2) is 4.79 Å². The van der Waals surface area contributed by atoms with Gasteiger partial charge in [-0.05, 0) is 44.4 Å². The first-order valence-electron chi connectivity index (χ1n) is 7.47. The third kappa shape index (κ3) is 5.58. The average molecular weight is 292 g/mol. The highest BCUT2D eigenvalue weighted by Crippen LogP contribution is 2.11. The molecule has 1 aromatic carbocycles. The fourth-order valence-electron chi connectivity index (χ4n) is 1.78. The number of carbonyl (C=O) groups excluding carboxylic acids is 2. The Morgan fingerprint density at radius 2 is 1.57 bits per heavy atom. The average Bonchev–Trinajstić information content (AvgIpc) is 2.47. The maximum Gasteiger partial charge on any atom is 0.338 e. The summed E-state index contributed by atoms with van der Waals surface area (Å²) in [4.78, 5) is 23.4. The second kappa shape index (κ2) is 8.45. The van der Waals surface area contributed by atoms with Crippen molar-refractivity contribution in [1.82, 2.24) is 0 Å². The largest absolute Gasteiger partial charge is 0.459 e. The zero-order valence-corrected chi connectivity index (χ0v) is 13.2. The van der Waals surface area contributed by atoms with Crippen molar-refractivity contribution in [1.29, 1.82) is 0 Å². The molecule has 1 rings (SSSR count). The second-order valence-corrected chi connectivity index (χ2v) is 5.11. The smallest absolute Gasteiger partial charge is 0.338 e. The van der Waals surface area contributed by atoms with Gasteiger partial charge in [0.05, 0.1) is 5.56 Å². The van der Waals surface area contributed by atoms with E-state index in [2.05, 4.69) is 6.92 Å². The van der Waals surface area contributed by atoms with E-state index >= 15 is 0 Å². The Balaban J connectivity index is 2.54. The van der Waals surface area contributed by atoms with E-state index in [1.807, 2.05) is 19.1 Å². The van der Waals surface area contributed by atoms with Gasteiger partial charge in [-0.1, -0.05) is 26.0 Å². The molecule has 1 aromatic rings. The van der Waals surface area contributed by atoms with Crippen LogP contribution >= 0.6 is 0 Å². The predicted molar refractivity (Wildman–Crippen MR) is 81.2 cm³/mol. The normalized spacial score (nSPS) is 13.3. The summed E-state index contributed by atoms with van der Waals surface area (Å²) in [7, 11) is 0. The summed E-state index contributed by atoms with van der Waals surface area (Å²) in [6.07, 6.45) is 1.11. The first-order valence-corrected chi connectivity index (χ1v) is 7.47. The van der Waals surface area contributed by atoms with Crippen molar-refractivity contribution >= 4 is 11.9 Å². The van der Waals surface area contributed by atoms with Crippen molar-refractivity contribution in [3.63, 3.8) is 0 Å². The number of carbonyl (C=O) groups is 2. The Hall–Kier alpha value is -1.84. The fourth-order valence-corrected chi connectivity index (χ4v) is 1.78. The molecule has 0 amide bonds. The third-order valence-electron chi connectivity index (χ3n) is 3.32. The molecule has 0 aromatic heterocycles. The summed E-state index contributed by atoms with van der Waals surface area (Å²) in [6.45, 7) is 7.42. The van der Waals surface area contributed by atoms with Gasteiger partial charge < -0.3 is 9.47 Å². The van der Waals surface area contributed by atoms with E-state index < -0.39 is 18.2 Å². The van der Waals surface area contributed by atoms with E-state index in [0.717, 1.165) is 12.8 Å². The molecule has 0 aliphatic rings. The van der Waals surface area contributed by atoms with Gasteiger partial charge in [-0.2, -0.15) is 0 Å². The fraction of sp³-hybridized carbons (Fsp3) is 0.529. The van der Waals surface area contributed by atoms with Gasteiger partial charge in [0.2, 0.25) is 0 Å². The SMILES string of the molecule is CCCC(=O)OC(C)C(C)OC(=O)c1ccc(CC)cc1. The number of benzene rings is 1. The van der Waals surface area contributed by atoms with E-state index in [1.165, 1.54) is 5.56 Å². The summed E-state index contributed by atoms with van der Waals surface area (Å²) in [5.74, 6) is -0.663. The molecule has 2 atom stereocenters. The first kappa shape index (κ1) is 17.2. The molecule has 0 heterocycles. The van der Waals surface area contributed by atoms with Gasteiger partial charge in [0.25, 0.3) is 0 Å². The lowest BCUT2D eigenvalue weighted by Gasteiger charge is -2.20. The van der Waals surface area contributed by atoms with E-state index in [9.17, 15) is 9.59 Å². The molecule has 0 fully saturated rings. The van der Waals surface area contributed by atoms with Crippen LogP contribution in [0, 0.1) is 0 Å². The lowest BCUT2D eigenvalue weighted by molar-refractivity contribution is -0.153. The highest BCUT2D eigenvalue weighted by molar-refractivity contribution is 5.89. The summed E-state index contributed by atoms with van der Waals surface area (Å²) in [5, 5.41) is 0.